The van der Waals surface area contributed by atoms with Crippen molar-refractivity contribution in [1.29, 1.82) is 0 Å². The highest BCUT2D eigenvalue weighted by molar-refractivity contribution is 7.90. The van der Waals surface area contributed by atoms with Crippen LogP contribution in [0.1, 0.15) is 72.9 Å². The maximum atomic E-state index is 13.3. The van der Waals surface area contributed by atoms with E-state index in [1.54, 1.807) is 32.0 Å². The van der Waals surface area contributed by atoms with Crippen molar-refractivity contribution < 1.29 is 32.2 Å². The third-order valence-electron chi connectivity index (χ3n) is 8.16. The molecular formula is C31H32N2O7S. The summed E-state index contributed by atoms with van der Waals surface area (Å²) >= 11 is 0. The second-order valence-electron chi connectivity index (χ2n) is 11.4. The summed E-state index contributed by atoms with van der Waals surface area (Å²) in [6, 6.07) is 17.8. The van der Waals surface area contributed by atoms with Crippen molar-refractivity contribution in [3.63, 3.8) is 0 Å². The zero-order valence-corrected chi connectivity index (χ0v) is 24.1. The van der Waals surface area contributed by atoms with Crippen molar-refractivity contribution in [2.24, 2.45) is 5.92 Å². The second kappa shape index (κ2) is 9.88. The summed E-state index contributed by atoms with van der Waals surface area (Å²) in [5.41, 5.74) is 2.25. The molecule has 3 aromatic rings. The number of amides is 2. The lowest BCUT2D eigenvalue weighted by atomic mass is 9.74. The van der Waals surface area contributed by atoms with Crippen molar-refractivity contribution in [3.8, 4) is 11.5 Å². The number of carbonyl (C=O) groups is 2. The fourth-order valence-electron chi connectivity index (χ4n) is 5.97. The number of aryl methyl sites for hydroxylation is 1. The van der Waals surface area contributed by atoms with Gasteiger partial charge in [0.25, 0.3) is 21.8 Å². The first-order chi connectivity index (χ1) is 19.4. The topological polar surface area (TPSA) is 120 Å². The number of nitrogens with one attached hydrogen (secondary N) is 2. The fraction of sp³-hybridized carbons (Fsp3) is 0.355. The number of fused-ring (bicyclic) bond motifs is 4. The van der Waals surface area contributed by atoms with Crippen LogP contribution in [0.3, 0.4) is 0 Å². The number of sulfonamides is 1. The van der Waals surface area contributed by atoms with Crippen LogP contribution >= 0.6 is 0 Å². The number of carbonyl (C=O) groups excluding carboxylic acids is 2. The van der Waals surface area contributed by atoms with Gasteiger partial charge in [-0.25, -0.2) is 13.1 Å². The van der Waals surface area contributed by atoms with Crippen LogP contribution in [0.5, 0.6) is 11.5 Å². The molecule has 3 aromatic carbocycles. The standard InChI is InChI=1S/C31H32N2O7S/c1-17-14-23-26(38-18(2)29(34)32-23)16-27(17)41(36,37)33-30(35)20-10-12-25-21(15-20)28-22(31(3,4)40-25)11-13-24(39-28)19-8-6-5-7-9-19/h5-10,12,14-16,18,22,24,28H,11,13H2,1-4H3,(H,32,34)(H,33,35)/t18?,22-,24+,28+/m1/s1. The van der Waals surface area contributed by atoms with Gasteiger partial charge >= 0.3 is 0 Å². The van der Waals surface area contributed by atoms with Gasteiger partial charge in [-0.3, -0.25) is 9.59 Å². The van der Waals surface area contributed by atoms with E-state index >= 15 is 0 Å². The largest absolute Gasteiger partial charge is 0.487 e. The van der Waals surface area contributed by atoms with Crippen molar-refractivity contribution in [1.82, 2.24) is 4.72 Å². The molecule has 1 fully saturated rings. The van der Waals surface area contributed by atoms with Crippen LogP contribution in [0, 0.1) is 12.8 Å². The molecule has 0 bridgehead atoms. The van der Waals surface area contributed by atoms with Gasteiger partial charge in [0.1, 0.15) is 17.1 Å². The van der Waals surface area contributed by atoms with Crippen molar-refractivity contribution in [2.75, 3.05) is 5.32 Å². The zero-order valence-electron chi connectivity index (χ0n) is 23.3. The van der Waals surface area contributed by atoms with Gasteiger partial charge in [0, 0.05) is 23.1 Å². The first-order valence-corrected chi connectivity index (χ1v) is 15.1. The van der Waals surface area contributed by atoms with Gasteiger partial charge in [-0.2, -0.15) is 0 Å². The molecule has 3 aliphatic rings. The summed E-state index contributed by atoms with van der Waals surface area (Å²) in [5.74, 6) is -0.206. The molecule has 1 unspecified atom stereocenters. The van der Waals surface area contributed by atoms with E-state index in [0.717, 1.165) is 24.0 Å². The Bertz CT molecular complexity index is 1650. The summed E-state index contributed by atoms with van der Waals surface area (Å²) in [4.78, 5) is 25.2. The van der Waals surface area contributed by atoms with Crippen LogP contribution in [0.4, 0.5) is 5.69 Å². The highest BCUT2D eigenvalue weighted by Crippen LogP contribution is 2.53. The summed E-state index contributed by atoms with van der Waals surface area (Å²) in [7, 11) is -4.27. The van der Waals surface area contributed by atoms with E-state index in [-0.39, 0.29) is 40.2 Å². The first kappa shape index (κ1) is 27.3. The van der Waals surface area contributed by atoms with Gasteiger partial charge < -0.3 is 19.5 Å². The summed E-state index contributed by atoms with van der Waals surface area (Å²) in [6.45, 7) is 7.25. The van der Waals surface area contributed by atoms with Crippen molar-refractivity contribution in [2.45, 2.75) is 69.3 Å². The summed E-state index contributed by atoms with van der Waals surface area (Å²) in [5, 5.41) is 2.70. The molecule has 0 saturated carbocycles. The monoisotopic (exact) mass is 576 g/mol. The quantitative estimate of drug-likeness (QED) is 0.437. The molecule has 41 heavy (non-hydrogen) atoms. The smallest absolute Gasteiger partial charge is 0.265 e. The Morgan fingerprint density at radius 3 is 2.54 bits per heavy atom. The predicted octanol–water partition coefficient (Wildman–Crippen LogP) is 5.21. The Hall–Kier alpha value is -3.89. The highest BCUT2D eigenvalue weighted by atomic mass is 32.2. The lowest BCUT2D eigenvalue weighted by molar-refractivity contribution is -0.151. The molecule has 214 valence electrons. The average molecular weight is 577 g/mol. The van der Waals surface area contributed by atoms with E-state index in [4.69, 9.17) is 14.2 Å². The number of hydrogen-bond donors (Lipinski definition) is 2. The van der Waals surface area contributed by atoms with Crippen molar-refractivity contribution >= 4 is 27.5 Å². The van der Waals surface area contributed by atoms with E-state index < -0.39 is 27.6 Å². The number of ether oxygens (including phenoxy) is 3. The summed E-state index contributed by atoms with van der Waals surface area (Å²) in [6.07, 6.45) is 0.525. The SMILES string of the molecule is Cc1cc2c(cc1S(=O)(=O)NC(=O)c1ccc3c(c1)[C@@H]1O[C@H](c4ccccc4)CC[C@H]1C(C)(C)O3)OC(C)C(=O)N2. The third kappa shape index (κ3) is 4.95. The molecule has 0 spiro atoms. The highest BCUT2D eigenvalue weighted by Gasteiger charge is 2.48. The third-order valence-corrected chi connectivity index (χ3v) is 9.63. The summed E-state index contributed by atoms with van der Waals surface area (Å²) < 4.78 is 47.5. The van der Waals surface area contributed by atoms with E-state index in [9.17, 15) is 18.0 Å². The minimum Gasteiger partial charge on any atom is -0.487 e. The first-order valence-electron chi connectivity index (χ1n) is 13.7. The van der Waals surface area contributed by atoms with Crippen LogP contribution in [0.25, 0.3) is 0 Å². The average Bonchev–Trinajstić information content (AvgIpc) is 2.93. The molecule has 2 amide bonds. The second-order valence-corrected chi connectivity index (χ2v) is 13.0. The molecule has 0 aromatic heterocycles. The van der Waals surface area contributed by atoms with E-state index in [1.807, 2.05) is 44.2 Å². The van der Waals surface area contributed by atoms with E-state index in [2.05, 4.69) is 10.0 Å². The molecular weight excluding hydrogens is 544 g/mol. The molecule has 9 nitrogen and oxygen atoms in total. The van der Waals surface area contributed by atoms with Gasteiger partial charge in [-0.1, -0.05) is 30.3 Å². The number of hydrogen-bond acceptors (Lipinski definition) is 7. The Balaban J connectivity index is 1.29. The number of anilines is 1. The molecule has 6 rings (SSSR count). The van der Waals surface area contributed by atoms with Crippen LogP contribution in [-0.4, -0.2) is 31.9 Å². The number of rotatable bonds is 4. The molecule has 4 atom stereocenters. The lowest BCUT2D eigenvalue weighted by Gasteiger charge is -2.48. The Morgan fingerprint density at radius 1 is 1.02 bits per heavy atom. The van der Waals surface area contributed by atoms with Gasteiger partial charge in [-0.05, 0) is 75.9 Å². The molecule has 3 heterocycles. The minimum atomic E-state index is -4.27. The van der Waals surface area contributed by atoms with Gasteiger partial charge in [-0.15, -0.1) is 0 Å². The zero-order chi connectivity index (χ0) is 29.1. The van der Waals surface area contributed by atoms with Crippen LogP contribution in [-0.2, 0) is 19.6 Å². The van der Waals surface area contributed by atoms with Crippen molar-refractivity contribution in [3.05, 3.63) is 82.9 Å². The predicted molar refractivity (Wildman–Crippen MR) is 151 cm³/mol. The minimum absolute atomic E-state index is 0.0537. The Morgan fingerprint density at radius 2 is 1.78 bits per heavy atom. The van der Waals surface area contributed by atoms with E-state index in [1.165, 1.54) is 12.1 Å². The fourth-order valence-corrected chi connectivity index (χ4v) is 7.19. The van der Waals surface area contributed by atoms with Crippen LogP contribution in [0.2, 0.25) is 0 Å². The Kier molecular flexibility index (Phi) is 6.58. The van der Waals surface area contributed by atoms with Gasteiger partial charge in [0.2, 0.25) is 0 Å². The van der Waals surface area contributed by atoms with Gasteiger partial charge in [0.15, 0.2) is 6.10 Å². The normalized spacial score (nSPS) is 24.4. The van der Waals surface area contributed by atoms with E-state index in [0.29, 0.717) is 17.0 Å². The molecule has 1 saturated heterocycles. The lowest BCUT2D eigenvalue weighted by Crippen LogP contribution is -2.47. The van der Waals surface area contributed by atoms with Crippen LogP contribution < -0.4 is 19.5 Å². The molecule has 10 heteroatoms. The molecule has 0 aliphatic carbocycles. The maximum Gasteiger partial charge on any atom is 0.265 e. The molecule has 0 radical (unpaired) electrons. The van der Waals surface area contributed by atoms with Gasteiger partial charge in [0.05, 0.1) is 22.8 Å². The Labute approximate surface area is 239 Å². The number of benzene rings is 3. The van der Waals surface area contributed by atoms with Crippen LogP contribution in [0.15, 0.2) is 65.6 Å². The maximum absolute atomic E-state index is 13.3. The molecule has 2 N–H and O–H groups in total. The molecule has 3 aliphatic heterocycles.